The van der Waals surface area contributed by atoms with Gasteiger partial charge in [-0.05, 0) is 18.6 Å². The molecule has 0 saturated carbocycles. The molecule has 2 heterocycles. The summed E-state index contributed by atoms with van der Waals surface area (Å²) in [6.07, 6.45) is 4.04. The lowest BCUT2D eigenvalue weighted by Gasteiger charge is -2.09. The van der Waals surface area contributed by atoms with E-state index < -0.39 is 0 Å². The minimum atomic E-state index is 0.945. The lowest BCUT2D eigenvalue weighted by molar-refractivity contribution is 0.798. The molecule has 0 aliphatic rings. The highest BCUT2D eigenvalue weighted by atomic mass is 15.4. The van der Waals surface area contributed by atoms with Crippen LogP contribution in [0, 0.1) is 0 Å². The van der Waals surface area contributed by atoms with E-state index in [0.29, 0.717) is 0 Å². The summed E-state index contributed by atoms with van der Waals surface area (Å²) in [6, 6.07) is 16.3. The van der Waals surface area contributed by atoms with Crippen molar-refractivity contribution in [2.45, 2.75) is 19.8 Å². The molecule has 4 aromatic rings. The summed E-state index contributed by atoms with van der Waals surface area (Å²) in [5.41, 5.74) is 4.02. The van der Waals surface area contributed by atoms with Crippen LogP contribution in [-0.2, 0) is 6.42 Å². The Hall–Kier alpha value is -2.75. The maximum atomic E-state index is 4.75. The number of benzene rings is 2. The second-order valence-electron chi connectivity index (χ2n) is 5.40. The number of rotatable bonds is 3. The summed E-state index contributed by atoms with van der Waals surface area (Å²) in [4.78, 5) is 4.75. The van der Waals surface area contributed by atoms with Gasteiger partial charge in [0.1, 0.15) is 0 Å². The molecular weight excluding hydrogens is 272 g/mol. The van der Waals surface area contributed by atoms with Crippen LogP contribution in [0.2, 0.25) is 0 Å². The Balaban J connectivity index is 2.07. The number of hydrogen-bond acceptors (Lipinski definition) is 3. The molecule has 22 heavy (non-hydrogen) atoms. The van der Waals surface area contributed by atoms with Crippen molar-refractivity contribution in [2.24, 2.45) is 0 Å². The molecule has 108 valence electrons. The van der Waals surface area contributed by atoms with E-state index in [1.54, 1.807) is 0 Å². The highest BCUT2D eigenvalue weighted by Crippen LogP contribution is 2.28. The van der Waals surface area contributed by atoms with Crippen LogP contribution >= 0.6 is 0 Å². The second kappa shape index (κ2) is 5.22. The number of pyridine rings is 1. The molecule has 0 N–H and O–H groups in total. The average Bonchev–Trinajstić information content (AvgIpc) is 3.01. The van der Waals surface area contributed by atoms with E-state index in [0.717, 1.165) is 46.0 Å². The lowest BCUT2D eigenvalue weighted by atomic mass is 10.1. The summed E-state index contributed by atoms with van der Waals surface area (Å²) in [5, 5.41) is 10.8. The van der Waals surface area contributed by atoms with Crippen molar-refractivity contribution >= 4 is 21.8 Å². The van der Waals surface area contributed by atoms with Gasteiger partial charge in [-0.15, -0.1) is 5.10 Å². The Morgan fingerprint density at radius 3 is 2.18 bits per heavy atom. The topological polar surface area (TPSA) is 43.6 Å². The summed E-state index contributed by atoms with van der Waals surface area (Å²) >= 11 is 0. The van der Waals surface area contributed by atoms with Crippen molar-refractivity contribution in [3.05, 3.63) is 60.4 Å². The fourth-order valence-electron chi connectivity index (χ4n) is 2.84. The largest absolute Gasteiger partial charge is 0.248 e. The first-order valence-electron chi connectivity index (χ1n) is 7.56. The van der Waals surface area contributed by atoms with Crippen molar-refractivity contribution in [1.82, 2.24) is 20.0 Å². The van der Waals surface area contributed by atoms with Gasteiger partial charge >= 0.3 is 0 Å². The number of aromatic nitrogens is 4. The molecule has 4 heteroatoms. The first-order chi connectivity index (χ1) is 10.9. The molecule has 4 rings (SSSR count). The van der Waals surface area contributed by atoms with Gasteiger partial charge in [-0.1, -0.05) is 55.0 Å². The van der Waals surface area contributed by atoms with Gasteiger partial charge in [-0.2, -0.15) is 0 Å². The summed E-state index contributed by atoms with van der Waals surface area (Å²) < 4.78 is 1.89. The molecule has 0 unspecified atom stereocenters. The maximum absolute atomic E-state index is 4.75. The first-order valence-corrected chi connectivity index (χ1v) is 7.56. The fraction of sp³-hybridized carbons (Fsp3) is 0.167. The lowest BCUT2D eigenvalue weighted by Crippen LogP contribution is -1.99. The monoisotopic (exact) mass is 288 g/mol. The highest BCUT2D eigenvalue weighted by Gasteiger charge is 2.12. The van der Waals surface area contributed by atoms with Gasteiger partial charge in [0, 0.05) is 10.8 Å². The van der Waals surface area contributed by atoms with E-state index in [4.69, 9.17) is 4.98 Å². The van der Waals surface area contributed by atoms with Crippen LogP contribution < -0.4 is 0 Å². The summed E-state index contributed by atoms with van der Waals surface area (Å²) in [6.45, 7) is 2.15. The van der Waals surface area contributed by atoms with Gasteiger partial charge in [-0.3, -0.25) is 0 Å². The molecule has 2 aromatic carbocycles. The molecule has 2 aromatic heterocycles. The molecule has 0 fully saturated rings. The number of fused-ring (bicyclic) bond motifs is 2. The van der Waals surface area contributed by atoms with E-state index in [2.05, 4.69) is 29.4 Å². The van der Waals surface area contributed by atoms with Gasteiger partial charge < -0.3 is 0 Å². The van der Waals surface area contributed by atoms with Crippen molar-refractivity contribution < 1.29 is 0 Å². The molecule has 0 saturated heterocycles. The minimum absolute atomic E-state index is 0.945. The summed E-state index contributed by atoms with van der Waals surface area (Å²) in [5.74, 6) is 0. The predicted octanol–water partition coefficient (Wildman–Crippen LogP) is 3.92. The molecule has 0 aliphatic carbocycles. The smallest absolute Gasteiger partial charge is 0.0851 e. The molecule has 0 bridgehead atoms. The Morgan fingerprint density at radius 1 is 0.909 bits per heavy atom. The number of nitrogens with zero attached hydrogens (tertiary/aromatic N) is 4. The van der Waals surface area contributed by atoms with E-state index in [-0.39, 0.29) is 0 Å². The van der Waals surface area contributed by atoms with E-state index >= 15 is 0 Å². The highest BCUT2D eigenvalue weighted by molar-refractivity contribution is 6.02. The van der Waals surface area contributed by atoms with Crippen LogP contribution in [0.1, 0.15) is 19.0 Å². The van der Waals surface area contributed by atoms with Crippen LogP contribution in [0.5, 0.6) is 0 Å². The zero-order chi connectivity index (χ0) is 14.9. The van der Waals surface area contributed by atoms with E-state index in [1.165, 1.54) is 0 Å². The van der Waals surface area contributed by atoms with Crippen LogP contribution in [0.25, 0.3) is 27.5 Å². The minimum Gasteiger partial charge on any atom is -0.248 e. The third-order valence-corrected chi connectivity index (χ3v) is 3.84. The van der Waals surface area contributed by atoms with Crippen LogP contribution in [0.4, 0.5) is 0 Å². The molecule has 0 aliphatic heterocycles. The Labute approximate surface area is 128 Å². The summed E-state index contributed by atoms with van der Waals surface area (Å²) in [7, 11) is 0. The van der Waals surface area contributed by atoms with Crippen molar-refractivity contribution in [3.63, 3.8) is 0 Å². The van der Waals surface area contributed by atoms with Crippen molar-refractivity contribution in [1.29, 1.82) is 0 Å². The van der Waals surface area contributed by atoms with Crippen molar-refractivity contribution in [3.8, 4) is 5.69 Å². The van der Waals surface area contributed by atoms with Gasteiger partial charge in [0.25, 0.3) is 0 Å². The zero-order valence-electron chi connectivity index (χ0n) is 12.4. The van der Waals surface area contributed by atoms with Crippen molar-refractivity contribution in [2.75, 3.05) is 0 Å². The average molecular weight is 288 g/mol. The van der Waals surface area contributed by atoms with Gasteiger partial charge in [0.15, 0.2) is 0 Å². The van der Waals surface area contributed by atoms with E-state index in [1.807, 2.05) is 47.3 Å². The van der Waals surface area contributed by atoms with Gasteiger partial charge in [0.2, 0.25) is 0 Å². The number of aryl methyl sites for hydroxylation is 1. The maximum Gasteiger partial charge on any atom is 0.0851 e. The van der Waals surface area contributed by atoms with Gasteiger partial charge in [-0.25, -0.2) is 9.67 Å². The number of hydrogen-bond donors (Lipinski definition) is 0. The Kier molecular flexibility index (Phi) is 3.07. The fourth-order valence-corrected chi connectivity index (χ4v) is 2.84. The molecule has 0 radical (unpaired) electrons. The van der Waals surface area contributed by atoms with Gasteiger partial charge in [0.05, 0.1) is 28.6 Å². The molecule has 0 amide bonds. The molecule has 4 nitrogen and oxygen atoms in total. The standard InChI is InChI=1S/C18H16N4/c1-2-7-13-12-22(21-20-13)18-14-8-3-5-10-16(14)19-17-11-6-4-9-15(17)18/h3-6,8-12H,2,7H2,1H3. The quantitative estimate of drug-likeness (QED) is 0.537. The SMILES string of the molecule is CCCc1cn(-c2c3ccccc3nc3ccccc23)nn1. The molecule has 0 spiro atoms. The normalized spacial score (nSPS) is 11.3. The van der Waals surface area contributed by atoms with E-state index in [9.17, 15) is 0 Å². The third-order valence-electron chi connectivity index (χ3n) is 3.84. The zero-order valence-corrected chi connectivity index (χ0v) is 12.4. The molecule has 0 atom stereocenters. The predicted molar refractivity (Wildman–Crippen MR) is 88.2 cm³/mol. The van der Waals surface area contributed by atoms with Crippen LogP contribution in [-0.4, -0.2) is 20.0 Å². The number of para-hydroxylation sites is 2. The first kappa shape index (κ1) is 13.0. The molecular formula is C18H16N4. The third kappa shape index (κ3) is 2.04. The van der Waals surface area contributed by atoms with Crippen LogP contribution in [0.3, 0.4) is 0 Å². The van der Waals surface area contributed by atoms with Crippen LogP contribution in [0.15, 0.2) is 54.7 Å². The second-order valence-corrected chi connectivity index (χ2v) is 5.40. The Morgan fingerprint density at radius 2 is 1.55 bits per heavy atom. The Bertz CT molecular complexity index is 902.